The molecule has 2 aliphatic rings. The molecule has 2 saturated heterocycles. The molecule has 0 unspecified atom stereocenters. The van der Waals surface area contributed by atoms with E-state index in [4.69, 9.17) is 33.2 Å². The van der Waals surface area contributed by atoms with Crippen LogP contribution in [0.1, 0.15) is 44.1 Å². The lowest BCUT2D eigenvalue weighted by Gasteiger charge is -2.42. The number of hydrogen-bond acceptors (Lipinski definition) is 0. The van der Waals surface area contributed by atoms with E-state index < -0.39 is 6.00 Å². The highest BCUT2D eigenvalue weighted by atomic mass is 35.8. The van der Waals surface area contributed by atoms with Crippen molar-refractivity contribution in [3.63, 3.8) is 0 Å². The molecule has 0 N–H and O–H groups in total. The predicted octanol–water partition coefficient (Wildman–Crippen LogP) is 6.41. The van der Waals surface area contributed by atoms with Gasteiger partial charge in [0.05, 0.1) is 0 Å². The van der Waals surface area contributed by atoms with E-state index in [1.54, 1.807) is 0 Å². The maximum absolute atomic E-state index is 6.50. The van der Waals surface area contributed by atoms with E-state index in [1.165, 1.54) is 38.5 Å². The summed E-state index contributed by atoms with van der Waals surface area (Å²) in [6.07, 6.45) is 10.1. The molecular weight excluding hydrogens is 337 g/mol. The third-order valence-electron chi connectivity index (χ3n) is 5.12. The quantitative estimate of drug-likeness (QED) is 0.433. The number of hydrogen-bond donors (Lipinski definition) is 0. The van der Waals surface area contributed by atoms with Gasteiger partial charge in [0, 0.05) is 0 Å². The first kappa shape index (κ1) is 16.0. The van der Waals surface area contributed by atoms with E-state index in [-0.39, 0.29) is 0 Å². The maximum Gasteiger partial charge on any atom is 0.360 e. The molecule has 1 aromatic carbocycles. The van der Waals surface area contributed by atoms with Crippen molar-refractivity contribution in [1.82, 2.24) is 0 Å². The molecule has 2 heterocycles. The fourth-order valence-corrected chi connectivity index (χ4v) is 7.08. The molecule has 1 aromatic rings. The first-order valence-corrected chi connectivity index (χ1v) is 12.9. The summed E-state index contributed by atoms with van der Waals surface area (Å²) < 4.78 is 0. The number of halogens is 3. The van der Waals surface area contributed by atoms with E-state index in [9.17, 15) is 0 Å². The van der Waals surface area contributed by atoms with Gasteiger partial charge in [-0.15, -0.1) is 33.2 Å². The van der Waals surface area contributed by atoms with E-state index >= 15 is 0 Å². The van der Waals surface area contributed by atoms with Crippen LogP contribution >= 0.6 is 33.2 Å². The summed E-state index contributed by atoms with van der Waals surface area (Å²) in [4.78, 5) is 0. The summed E-state index contributed by atoms with van der Waals surface area (Å²) in [7, 11) is 0. The van der Waals surface area contributed by atoms with Crippen LogP contribution in [0.3, 0.4) is 0 Å². The van der Waals surface area contributed by atoms with Crippen molar-refractivity contribution in [3.8, 4) is 0 Å². The molecule has 21 heavy (non-hydrogen) atoms. The van der Waals surface area contributed by atoms with Crippen LogP contribution in [0.5, 0.6) is 0 Å². The predicted molar refractivity (Wildman–Crippen MR) is 98.7 cm³/mol. The van der Waals surface area contributed by atoms with Crippen LogP contribution in [0.25, 0.3) is 6.08 Å². The Labute approximate surface area is 143 Å². The molecule has 2 aliphatic heterocycles. The largest absolute Gasteiger partial charge is 0.360 e. The second-order valence-corrected chi connectivity index (χ2v) is 14.8. The summed E-state index contributed by atoms with van der Waals surface area (Å²) in [5.41, 5.74) is 1.16. The Morgan fingerprint density at radius 1 is 0.952 bits per heavy atom. The Kier molecular flexibility index (Phi) is 5.10. The fraction of sp³-hybridized carbons (Fsp3) is 0.500. The Morgan fingerprint density at radius 2 is 1.48 bits per heavy atom. The van der Waals surface area contributed by atoms with Crippen LogP contribution in [-0.2, 0) is 0 Å². The summed E-state index contributed by atoms with van der Waals surface area (Å²) in [6, 6.07) is 7.48. The van der Waals surface area contributed by atoms with Crippen molar-refractivity contribution < 1.29 is 0 Å². The number of benzene rings is 1. The van der Waals surface area contributed by atoms with E-state index in [1.807, 2.05) is 18.2 Å². The van der Waals surface area contributed by atoms with Gasteiger partial charge in [0.2, 0.25) is 0 Å². The zero-order valence-electron chi connectivity index (χ0n) is 12.1. The molecule has 0 radical (unpaired) electrons. The van der Waals surface area contributed by atoms with Crippen LogP contribution in [0, 0.1) is 0 Å². The van der Waals surface area contributed by atoms with Gasteiger partial charge in [-0.25, -0.2) is 0 Å². The average molecular weight is 358 g/mol. The van der Waals surface area contributed by atoms with Gasteiger partial charge < -0.3 is 0 Å². The minimum absolute atomic E-state index is 0.506. The lowest BCUT2D eigenvalue weighted by molar-refractivity contribution is 0.447. The molecule has 0 aromatic heterocycles. The van der Waals surface area contributed by atoms with Crippen LogP contribution in [0.15, 0.2) is 35.4 Å². The number of fused-ring (bicyclic) bond motifs is 2. The second kappa shape index (κ2) is 6.70. The third kappa shape index (κ3) is 3.72. The molecular formula is C16H20BCl3Si. The molecule has 0 atom stereocenters. The third-order valence-corrected chi connectivity index (χ3v) is 8.22. The highest BCUT2D eigenvalue weighted by Crippen LogP contribution is 2.51. The Morgan fingerprint density at radius 3 is 1.95 bits per heavy atom. The topological polar surface area (TPSA) is 0 Å². The highest BCUT2D eigenvalue weighted by Gasteiger charge is 2.47. The first-order chi connectivity index (χ1) is 10.1. The lowest BCUT2D eigenvalue weighted by atomic mass is 9.27. The van der Waals surface area contributed by atoms with Gasteiger partial charge in [-0.05, 0) is 5.56 Å². The van der Waals surface area contributed by atoms with Gasteiger partial charge in [-0.2, -0.15) is 0 Å². The smallest absolute Gasteiger partial charge is 0.122 e. The van der Waals surface area contributed by atoms with Gasteiger partial charge in [-0.1, -0.05) is 91.7 Å². The Balaban J connectivity index is 1.98. The van der Waals surface area contributed by atoms with Crippen molar-refractivity contribution in [2.24, 2.45) is 0 Å². The van der Waals surface area contributed by atoms with Crippen molar-refractivity contribution >= 4 is 52.0 Å². The maximum atomic E-state index is 6.50. The first-order valence-electron chi connectivity index (χ1n) is 7.89. The van der Waals surface area contributed by atoms with Crippen molar-refractivity contribution in [2.45, 2.75) is 50.2 Å². The minimum Gasteiger partial charge on any atom is -0.122 e. The van der Waals surface area contributed by atoms with Gasteiger partial charge in [0.1, 0.15) is 0 Å². The molecule has 5 heteroatoms. The van der Waals surface area contributed by atoms with E-state index in [0.717, 1.165) is 22.3 Å². The van der Waals surface area contributed by atoms with E-state index in [0.29, 0.717) is 6.71 Å². The SMILES string of the molecule is Cl[Si](Cl)(Cl)/C(=C\c1ccccc1)B1C2CCCC1CCC2. The average Bonchev–Trinajstić information content (AvgIpc) is 2.44. The summed E-state index contributed by atoms with van der Waals surface area (Å²) in [5.74, 6) is 1.46. The van der Waals surface area contributed by atoms with Crippen LogP contribution in [0.4, 0.5) is 0 Å². The monoisotopic (exact) mass is 356 g/mol. The molecule has 3 rings (SSSR count). The van der Waals surface area contributed by atoms with Gasteiger partial charge in [-0.3, -0.25) is 0 Å². The molecule has 0 aliphatic carbocycles. The molecule has 2 bridgehead atoms. The van der Waals surface area contributed by atoms with Crippen LogP contribution in [0.2, 0.25) is 11.6 Å². The standard InChI is InChI=1S/C16H20BCl3Si/c18-21(19,20)16(12-13-6-2-1-3-7-13)17-14-8-4-9-15(17)11-5-10-14/h1-3,6-7,12,14-15H,4-5,8-11H2/b16-12-. The van der Waals surface area contributed by atoms with Gasteiger partial charge in [0.25, 0.3) is 0 Å². The second-order valence-electron chi connectivity index (χ2n) is 6.42. The van der Waals surface area contributed by atoms with Crippen LogP contribution < -0.4 is 0 Å². The normalized spacial score (nSPS) is 26.8. The molecule has 0 saturated carbocycles. The molecule has 0 spiro atoms. The molecule has 2 fully saturated rings. The molecule has 0 amide bonds. The highest BCUT2D eigenvalue weighted by molar-refractivity contribution is 7.69. The van der Waals surface area contributed by atoms with Gasteiger partial charge >= 0.3 is 6.00 Å². The fourth-order valence-electron chi connectivity index (χ4n) is 4.28. The molecule has 112 valence electrons. The van der Waals surface area contributed by atoms with E-state index in [2.05, 4.69) is 18.2 Å². The van der Waals surface area contributed by atoms with Gasteiger partial charge in [0.15, 0.2) is 6.71 Å². The zero-order valence-corrected chi connectivity index (χ0v) is 15.3. The van der Waals surface area contributed by atoms with Crippen molar-refractivity contribution in [1.29, 1.82) is 0 Å². The summed E-state index contributed by atoms with van der Waals surface area (Å²) >= 11 is 19.5. The van der Waals surface area contributed by atoms with Crippen LogP contribution in [-0.4, -0.2) is 12.7 Å². The van der Waals surface area contributed by atoms with Crippen molar-refractivity contribution in [3.05, 3.63) is 41.0 Å². The Hall–Kier alpha value is 0.112. The number of rotatable bonds is 3. The summed E-state index contributed by atoms with van der Waals surface area (Å²) in [5, 5.41) is 1.15. The lowest BCUT2D eigenvalue weighted by Crippen LogP contribution is -2.42. The van der Waals surface area contributed by atoms with Crippen molar-refractivity contribution in [2.75, 3.05) is 0 Å². The minimum atomic E-state index is -2.85. The zero-order chi connectivity index (χ0) is 14.9. The molecule has 0 nitrogen and oxygen atoms in total. The Bertz CT molecular complexity index is 490. The summed E-state index contributed by atoms with van der Waals surface area (Å²) in [6.45, 7) is 0.506.